The zero-order valence-electron chi connectivity index (χ0n) is 10.7. The lowest BCUT2D eigenvalue weighted by molar-refractivity contribution is -0.331. The Morgan fingerprint density at radius 2 is 1.45 bits per heavy atom. The van der Waals surface area contributed by atoms with E-state index in [1.807, 2.05) is 0 Å². The van der Waals surface area contributed by atoms with Crippen LogP contribution in [0.2, 0.25) is 0 Å². The summed E-state index contributed by atoms with van der Waals surface area (Å²) in [7, 11) is -2.64. The van der Waals surface area contributed by atoms with E-state index >= 15 is 0 Å². The average molecular weight is 354 g/mol. The zero-order valence-corrected chi connectivity index (χ0v) is 11.5. The first-order valence-electron chi connectivity index (χ1n) is 5.72. The highest BCUT2D eigenvalue weighted by atomic mass is 32.2. The molecule has 1 atom stereocenters. The van der Waals surface area contributed by atoms with Crippen LogP contribution in [0.3, 0.4) is 0 Å². The number of alkyl halides is 8. The first kappa shape index (κ1) is 18.9. The van der Waals surface area contributed by atoms with E-state index in [2.05, 4.69) is 0 Å². The van der Waals surface area contributed by atoms with Crippen molar-refractivity contribution in [2.45, 2.75) is 29.9 Å². The van der Waals surface area contributed by atoms with Gasteiger partial charge in [-0.3, -0.25) is 4.21 Å². The standard InChI is InChI=1S/C12H10F8OS/c13-9(14)11(17,18)12(19,20)10(15,16)7-22(21)6-8-4-2-1-3-5-8/h1-5,9H,6-7H2. The Balaban J connectivity index is 2.88. The first-order valence-corrected chi connectivity index (χ1v) is 7.21. The van der Waals surface area contributed by atoms with Crippen LogP contribution in [0.25, 0.3) is 0 Å². The summed E-state index contributed by atoms with van der Waals surface area (Å²) in [5.41, 5.74) is 0.251. The topological polar surface area (TPSA) is 17.1 Å². The van der Waals surface area contributed by atoms with Gasteiger partial charge in [0.1, 0.15) is 0 Å². The van der Waals surface area contributed by atoms with Gasteiger partial charge in [-0.15, -0.1) is 0 Å². The molecule has 0 spiro atoms. The quantitative estimate of drug-likeness (QED) is 0.674. The average Bonchev–Trinajstić information content (AvgIpc) is 2.38. The molecule has 0 aliphatic rings. The van der Waals surface area contributed by atoms with Crippen LogP contribution in [0.15, 0.2) is 30.3 Å². The molecule has 0 aliphatic heterocycles. The summed E-state index contributed by atoms with van der Waals surface area (Å²) in [4.78, 5) is 0. The Morgan fingerprint density at radius 3 is 1.91 bits per heavy atom. The van der Waals surface area contributed by atoms with Crippen LogP contribution in [-0.2, 0) is 16.6 Å². The van der Waals surface area contributed by atoms with Gasteiger partial charge in [0.2, 0.25) is 0 Å². The molecule has 0 fully saturated rings. The lowest BCUT2D eigenvalue weighted by atomic mass is 10.1. The van der Waals surface area contributed by atoms with Crippen LogP contribution < -0.4 is 0 Å². The Kier molecular flexibility index (Phi) is 5.58. The van der Waals surface area contributed by atoms with E-state index in [1.54, 1.807) is 6.07 Å². The third kappa shape index (κ3) is 3.76. The monoisotopic (exact) mass is 354 g/mol. The molecule has 0 amide bonds. The molecule has 0 aromatic heterocycles. The van der Waals surface area contributed by atoms with E-state index in [1.165, 1.54) is 24.3 Å². The lowest BCUT2D eigenvalue weighted by Crippen LogP contribution is -2.59. The van der Waals surface area contributed by atoms with Crippen molar-refractivity contribution in [2.75, 3.05) is 5.75 Å². The minimum Gasteiger partial charge on any atom is -0.259 e. The molecule has 0 saturated heterocycles. The second kappa shape index (κ2) is 6.51. The van der Waals surface area contributed by atoms with Crippen LogP contribution >= 0.6 is 0 Å². The predicted octanol–water partition coefficient (Wildman–Crippen LogP) is 4.11. The number of hydrogen-bond donors (Lipinski definition) is 0. The number of rotatable bonds is 7. The number of hydrogen-bond acceptors (Lipinski definition) is 1. The molecule has 0 saturated carbocycles. The minimum absolute atomic E-state index is 0.251. The molecule has 10 heteroatoms. The van der Waals surface area contributed by atoms with E-state index in [4.69, 9.17) is 0 Å². The molecule has 1 rings (SSSR count). The van der Waals surface area contributed by atoms with Gasteiger partial charge >= 0.3 is 24.2 Å². The third-order valence-corrected chi connectivity index (χ3v) is 4.00. The largest absolute Gasteiger partial charge is 0.378 e. The van der Waals surface area contributed by atoms with Crippen molar-refractivity contribution >= 4 is 10.8 Å². The van der Waals surface area contributed by atoms with E-state index < -0.39 is 46.5 Å². The first-order chi connectivity index (χ1) is 9.92. The molecule has 0 N–H and O–H groups in total. The van der Waals surface area contributed by atoms with Crippen molar-refractivity contribution in [3.05, 3.63) is 35.9 Å². The smallest absolute Gasteiger partial charge is 0.259 e. The highest BCUT2D eigenvalue weighted by Gasteiger charge is 2.75. The predicted molar refractivity (Wildman–Crippen MR) is 64.0 cm³/mol. The Labute approximate surface area is 122 Å². The van der Waals surface area contributed by atoms with Crippen LogP contribution in [-0.4, -0.2) is 34.2 Å². The van der Waals surface area contributed by atoms with Gasteiger partial charge in [0.15, 0.2) is 0 Å². The molecule has 0 bridgehead atoms. The second-order valence-corrected chi connectivity index (χ2v) is 5.87. The van der Waals surface area contributed by atoms with Gasteiger partial charge in [0.05, 0.1) is 5.75 Å². The van der Waals surface area contributed by atoms with E-state index in [9.17, 15) is 39.3 Å². The molecule has 0 aliphatic carbocycles. The van der Waals surface area contributed by atoms with Gasteiger partial charge in [0.25, 0.3) is 0 Å². The molecular formula is C12H10F8OS. The van der Waals surface area contributed by atoms with Crippen molar-refractivity contribution in [3.63, 3.8) is 0 Å². The molecule has 0 heterocycles. The molecule has 1 unspecified atom stereocenters. The number of benzene rings is 1. The highest BCUT2D eigenvalue weighted by Crippen LogP contribution is 2.48. The SMILES string of the molecule is O=S(Cc1ccccc1)CC(F)(F)C(F)(F)C(F)(F)C(F)F. The Morgan fingerprint density at radius 1 is 0.955 bits per heavy atom. The van der Waals surface area contributed by atoms with Crippen LogP contribution in [0.4, 0.5) is 35.1 Å². The summed E-state index contributed by atoms with van der Waals surface area (Å²) in [6.07, 6.45) is -4.98. The molecule has 22 heavy (non-hydrogen) atoms. The fourth-order valence-electron chi connectivity index (χ4n) is 1.48. The van der Waals surface area contributed by atoms with E-state index in [0.29, 0.717) is 0 Å². The summed E-state index contributed by atoms with van der Waals surface area (Å²) in [6.45, 7) is 0. The van der Waals surface area contributed by atoms with Gasteiger partial charge in [-0.2, -0.15) is 26.3 Å². The number of halogens is 8. The molecule has 1 aromatic carbocycles. The van der Waals surface area contributed by atoms with Gasteiger partial charge in [-0.05, 0) is 5.56 Å². The van der Waals surface area contributed by atoms with Crippen molar-refractivity contribution in [3.8, 4) is 0 Å². The molecule has 126 valence electrons. The molecule has 0 radical (unpaired) electrons. The minimum atomic E-state index is -6.32. The highest BCUT2D eigenvalue weighted by molar-refractivity contribution is 7.84. The maximum absolute atomic E-state index is 13.3. The molecule has 1 aromatic rings. The fourth-order valence-corrected chi connectivity index (χ4v) is 2.74. The van der Waals surface area contributed by atoms with Gasteiger partial charge in [0, 0.05) is 16.6 Å². The van der Waals surface area contributed by atoms with E-state index in [0.717, 1.165) is 0 Å². The van der Waals surface area contributed by atoms with Crippen LogP contribution in [0, 0.1) is 0 Å². The van der Waals surface area contributed by atoms with Crippen molar-refractivity contribution in [2.24, 2.45) is 0 Å². The summed E-state index contributed by atoms with van der Waals surface area (Å²) >= 11 is 0. The molecular weight excluding hydrogens is 344 g/mol. The zero-order chi connectivity index (χ0) is 17.2. The van der Waals surface area contributed by atoms with Crippen molar-refractivity contribution in [1.29, 1.82) is 0 Å². The van der Waals surface area contributed by atoms with Crippen molar-refractivity contribution < 1.29 is 39.3 Å². The summed E-state index contributed by atoms with van der Waals surface area (Å²) in [5.74, 6) is -20.8. The second-order valence-electron chi connectivity index (χ2n) is 4.42. The van der Waals surface area contributed by atoms with E-state index in [-0.39, 0.29) is 5.56 Å². The maximum Gasteiger partial charge on any atom is 0.378 e. The summed E-state index contributed by atoms with van der Waals surface area (Å²) in [5, 5.41) is 0. The Bertz CT molecular complexity index is 517. The Hall–Kier alpha value is -1.19. The molecule has 1 nitrogen and oxygen atoms in total. The fraction of sp³-hybridized carbons (Fsp3) is 0.500. The van der Waals surface area contributed by atoms with Crippen LogP contribution in [0.5, 0.6) is 0 Å². The summed E-state index contributed by atoms with van der Waals surface area (Å²) in [6, 6.07) is 7.21. The summed E-state index contributed by atoms with van der Waals surface area (Å²) < 4.78 is 113. The maximum atomic E-state index is 13.3. The van der Waals surface area contributed by atoms with Crippen molar-refractivity contribution in [1.82, 2.24) is 0 Å². The van der Waals surface area contributed by atoms with Gasteiger partial charge in [-0.25, -0.2) is 8.78 Å². The normalized spacial score (nSPS) is 15.1. The lowest BCUT2D eigenvalue weighted by Gasteiger charge is -2.31. The van der Waals surface area contributed by atoms with Crippen LogP contribution in [0.1, 0.15) is 5.56 Å². The van der Waals surface area contributed by atoms with Gasteiger partial charge < -0.3 is 0 Å². The third-order valence-electron chi connectivity index (χ3n) is 2.66. The van der Waals surface area contributed by atoms with Gasteiger partial charge in [-0.1, -0.05) is 30.3 Å².